The fourth-order valence-electron chi connectivity index (χ4n) is 4.59. The van der Waals surface area contributed by atoms with Gasteiger partial charge in [0.05, 0.1) is 19.2 Å². The second-order valence-electron chi connectivity index (χ2n) is 8.83. The summed E-state index contributed by atoms with van der Waals surface area (Å²) in [6, 6.07) is 4.19. The number of hydrogen-bond acceptors (Lipinski definition) is 5. The molecule has 8 nitrogen and oxygen atoms in total. The van der Waals surface area contributed by atoms with E-state index in [-0.39, 0.29) is 24.0 Å². The smallest absolute Gasteiger partial charge is 0.273 e. The minimum absolute atomic E-state index is 0.117. The third kappa shape index (κ3) is 5.79. The number of amides is 2. The topological polar surface area (TPSA) is 89.6 Å². The van der Waals surface area contributed by atoms with Crippen LogP contribution in [0.15, 0.2) is 29.0 Å². The van der Waals surface area contributed by atoms with Gasteiger partial charge in [-0.2, -0.15) is 0 Å². The van der Waals surface area contributed by atoms with Crippen molar-refractivity contribution in [3.05, 3.63) is 41.9 Å². The minimum Gasteiger partial charge on any atom is -0.446 e. The summed E-state index contributed by atoms with van der Waals surface area (Å²) in [4.78, 5) is 31.3. The Morgan fingerprint density at radius 1 is 1.22 bits per heavy atom. The molecule has 2 aliphatic rings. The lowest BCUT2D eigenvalue weighted by Crippen LogP contribution is -2.37. The normalized spacial score (nSPS) is 19.2. The SMILES string of the molecule is CCC(=O)N(Cc1cccn1Cc1nc(C(=O)NC2CCCCC2)co1)CC1CCCO1. The molecule has 3 heterocycles. The van der Waals surface area contributed by atoms with Crippen LogP contribution in [0.5, 0.6) is 0 Å². The number of carbonyl (C=O) groups excluding carboxylic acids is 2. The van der Waals surface area contributed by atoms with E-state index in [2.05, 4.69) is 10.3 Å². The van der Waals surface area contributed by atoms with Gasteiger partial charge in [-0.05, 0) is 37.8 Å². The van der Waals surface area contributed by atoms with Gasteiger partial charge < -0.3 is 23.9 Å². The molecule has 1 atom stereocenters. The third-order valence-corrected chi connectivity index (χ3v) is 6.41. The molecule has 1 aliphatic heterocycles. The number of nitrogens with zero attached hydrogens (tertiary/aromatic N) is 3. The Hall–Kier alpha value is -2.61. The molecule has 1 aliphatic carbocycles. The van der Waals surface area contributed by atoms with Crippen LogP contribution in [0.2, 0.25) is 0 Å². The summed E-state index contributed by atoms with van der Waals surface area (Å²) in [6.07, 6.45) is 11.6. The van der Waals surface area contributed by atoms with Gasteiger partial charge in [0.15, 0.2) is 5.69 Å². The molecule has 0 radical (unpaired) electrons. The van der Waals surface area contributed by atoms with Gasteiger partial charge in [-0.1, -0.05) is 26.2 Å². The molecule has 1 unspecified atom stereocenters. The average Bonchev–Trinajstić information content (AvgIpc) is 3.57. The van der Waals surface area contributed by atoms with E-state index in [0.29, 0.717) is 37.6 Å². The zero-order valence-corrected chi connectivity index (χ0v) is 18.9. The van der Waals surface area contributed by atoms with E-state index < -0.39 is 0 Å². The van der Waals surface area contributed by atoms with Crippen molar-refractivity contribution in [1.82, 2.24) is 19.8 Å². The van der Waals surface area contributed by atoms with Crippen LogP contribution in [-0.2, 0) is 22.6 Å². The van der Waals surface area contributed by atoms with Crippen molar-refractivity contribution in [3.8, 4) is 0 Å². The molecule has 2 aromatic rings. The van der Waals surface area contributed by atoms with E-state index >= 15 is 0 Å². The number of hydrogen-bond donors (Lipinski definition) is 1. The monoisotopic (exact) mass is 442 g/mol. The van der Waals surface area contributed by atoms with Gasteiger partial charge in [-0.15, -0.1) is 0 Å². The molecule has 2 aromatic heterocycles. The summed E-state index contributed by atoms with van der Waals surface area (Å²) in [6.45, 7) is 4.19. The van der Waals surface area contributed by atoms with E-state index in [0.717, 1.165) is 50.8 Å². The largest absolute Gasteiger partial charge is 0.446 e. The average molecular weight is 443 g/mol. The number of rotatable bonds is 9. The first kappa shape index (κ1) is 22.6. The zero-order chi connectivity index (χ0) is 22.3. The summed E-state index contributed by atoms with van der Waals surface area (Å²) in [5.41, 5.74) is 1.32. The number of carbonyl (C=O) groups is 2. The van der Waals surface area contributed by atoms with Gasteiger partial charge in [0.25, 0.3) is 5.91 Å². The Morgan fingerprint density at radius 2 is 2.06 bits per heavy atom. The third-order valence-electron chi connectivity index (χ3n) is 6.41. The van der Waals surface area contributed by atoms with Gasteiger partial charge >= 0.3 is 0 Å². The van der Waals surface area contributed by atoms with Crippen LogP contribution in [0.25, 0.3) is 0 Å². The van der Waals surface area contributed by atoms with E-state index in [1.807, 2.05) is 34.7 Å². The van der Waals surface area contributed by atoms with Crippen molar-refractivity contribution in [2.24, 2.45) is 0 Å². The Bertz CT molecular complexity index is 893. The Kier molecular flexibility index (Phi) is 7.63. The second-order valence-corrected chi connectivity index (χ2v) is 8.83. The van der Waals surface area contributed by atoms with E-state index in [4.69, 9.17) is 9.15 Å². The van der Waals surface area contributed by atoms with E-state index in [1.165, 1.54) is 12.7 Å². The predicted molar refractivity (Wildman–Crippen MR) is 119 cm³/mol. The van der Waals surface area contributed by atoms with Crippen molar-refractivity contribution in [2.45, 2.75) is 83.5 Å². The van der Waals surface area contributed by atoms with Crippen LogP contribution in [0, 0.1) is 0 Å². The molecule has 0 bridgehead atoms. The summed E-state index contributed by atoms with van der Waals surface area (Å²) in [7, 11) is 0. The molecule has 1 saturated carbocycles. The summed E-state index contributed by atoms with van der Waals surface area (Å²) >= 11 is 0. The Morgan fingerprint density at radius 3 is 2.81 bits per heavy atom. The van der Waals surface area contributed by atoms with Crippen molar-refractivity contribution < 1.29 is 18.7 Å². The minimum atomic E-state index is -0.170. The molecule has 2 amide bonds. The number of ether oxygens (including phenoxy) is 1. The fourth-order valence-corrected chi connectivity index (χ4v) is 4.59. The summed E-state index contributed by atoms with van der Waals surface area (Å²) in [5.74, 6) is 0.422. The Labute approximate surface area is 189 Å². The lowest BCUT2D eigenvalue weighted by molar-refractivity contribution is -0.133. The van der Waals surface area contributed by atoms with Crippen LogP contribution in [0.3, 0.4) is 0 Å². The van der Waals surface area contributed by atoms with Gasteiger partial charge in [-0.3, -0.25) is 9.59 Å². The molecular formula is C24H34N4O4. The summed E-state index contributed by atoms with van der Waals surface area (Å²) in [5, 5.41) is 3.07. The molecule has 0 spiro atoms. The molecule has 8 heteroatoms. The maximum absolute atomic E-state index is 12.5. The molecule has 0 aromatic carbocycles. The van der Waals surface area contributed by atoms with Crippen LogP contribution in [0.1, 0.15) is 80.4 Å². The van der Waals surface area contributed by atoms with Gasteiger partial charge in [0, 0.05) is 37.5 Å². The molecule has 32 heavy (non-hydrogen) atoms. The van der Waals surface area contributed by atoms with Crippen LogP contribution in [-0.4, -0.2) is 51.6 Å². The molecule has 4 rings (SSSR count). The quantitative estimate of drug-likeness (QED) is 0.642. The van der Waals surface area contributed by atoms with Gasteiger partial charge in [0.1, 0.15) is 6.26 Å². The molecular weight excluding hydrogens is 408 g/mol. The zero-order valence-electron chi connectivity index (χ0n) is 18.9. The molecule has 2 fully saturated rings. The second kappa shape index (κ2) is 10.8. The first-order chi connectivity index (χ1) is 15.6. The highest BCUT2D eigenvalue weighted by atomic mass is 16.5. The highest BCUT2D eigenvalue weighted by molar-refractivity contribution is 5.92. The number of aromatic nitrogens is 2. The Balaban J connectivity index is 1.37. The van der Waals surface area contributed by atoms with Crippen LogP contribution >= 0.6 is 0 Å². The molecule has 1 N–H and O–H groups in total. The van der Waals surface area contributed by atoms with Gasteiger partial charge in [-0.25, -0.2) is 4.98 Å². The first-order valence-corrected chi connectivity index (χ1v) is 11.9. The van der Waals surface area contributed by atoms with E-state index in [1.54, 1.807) is 0 Å². The number of nitrogens with one attached hydrogen (secondary N) is 1. The van der Waals surface area contributed by atoms with Crippen molar-refractivity contribution in [3.63, 3.8) is 0 Å². The van der Waals surface area contributed by atoms with E-state index in [9.17, 15) is 9.59 Å². The lowest BCUT2D eigenvalue weighted by Gasteiger charge is -2.25. The molecule has 1 saturated heterocycles. The summed E-state index contributed by atoms with van der Waals surface area (Å²) < 4.78 is 13.3. The van der Waals surface area contributed by atoms with Crippen molar-refractivity contribution in [2.75, 3.05) is 13.2 Å². The van der Waals surface area contributed by atoms with Crippen molar-refractivity contribution in [1.29, 1.82) is 0 Å². The van der Waals surface area contributed by atoms with Crippen molar-refractivity contribution >= 4 is 11.8 Å². The van der Waals surface area contributed by atoms with Crippen LogP contribution in [0.4, 0.5) is 0 Å². The number of oxazole rings is 1. The van der Waals surface area contributed by atoms with Gasteiger partial charge in [0.2, 0.25) is 11.8 Å². The first-order valence-electron chi connectivity index (χ1n) is 11.9. The predicted octanol–water partition coefficient (Wildman–Crippen LogP) is 3.50. The maximum atomic E-state index is 12.5. The van der Waals surface area contributed by atoms with Crippen LogP contribution < -0.4 is 5.32 Å². The maximum Gasteiger partial charge on any atom is 0.273 e. The highest BCUT2D eigenvalue weighted by Gasteiger charge is 2.23. The standard InChI is InChI=1S/C24H34N4O4/c1-2-23(29)28(15-20-11-7-13-31-20)14-19-10-6-12-27(19)16-22-26-21(17-32-22)24(30)25-18-8-4-3-5-9-18/h6,10,12,17-18,20H,2-5,7-9,11,13-16H2,1H3,(H,25,30). The highest BCUT2D eigenvalue weighted by Crippen LogP contribution is 2.19. The lowest BCUT2D eigenvalue weighted by atomic mass is 9.95. The molecule has 174 valence electrons. The fraction of sp³-hybridized carbons (Fsp3) is 0.625.